The number of halogens is 1. The fraction of sp³-hybridized carbons (Fsp3) is 0.0870. The molecular formula is C23H19FO4. The number of phenols is 1. The van der Waals surface area contributed by atoms with Crippen molar-refractivity contribution in [3.05, 3.63) is 94.8 Å². The first-order chi connectivity index (χ1) is 13.6. The van der Waals surface area contributed by atoms with E-state index in [1.54, 1.807) is 30.4 Å². The van der Waals surface area contributed by atoms with Gasteiger partial charge in [-0.2, -0.15) is 0 Å². The van der Waals surface area contributed by atoms with E-state index in [4.69, 9.17) is 9.47 Å². The third-order valence-electron chi connectivity index (χ3n) is 4.08. The molecule has 3 aromatic rings. The molecule has 3 aromatic carbocycles. The van der Waals surface area contributed by atoms with Gasteiger partial charge >= 0.3 is 5.97 Å². The van der Waals surface area contributed by atoms with E-state index in [0.29, 0.717) is 17.9 Å². The third-order valence-corrected chi connectivity index (χ3v) is 4.08. The van der Waals surface area contributed by atoms with E-state index in [1.165, 1.54) is 25.3 Å². The van der Waals surface area contributed by atoms with Crippen LogP contribution in [0.3, 0.4) is 0 Å². The Kier molecular flexibility index (Phi) is 6.07. The van der Waals surface area contributed by atoms with Crippen molar-refractivity contribution in [3.63, 3.8) is 0 Å². The maximum atomic E-state index is 13.1. The summed E-state index contributed by atoms with van der Waals surface area (Å²) < 4.78 is 23.6. The molecule has 0 aliphatic rings. The van der Waals surface area contributed by atoms with Gasteiger partial charge in [-0.05, 0) is 34.9 Å². The minimum atomic E-state index is -0.661. The molecule has 1 N–H and O–H groups in total. The summed E-state index contributed by atoms with van der Waals surface area (Å²) in [6.45, 7) is 0.318. The highest BCUT2D eigenvalue weighted by Crippen LogP contribution is 2.30. The summed E-state index contributed by atoms with van der Waals surface area (Å²) in [6.07, 6.45) is 3.36. The number of esters is 1. The highest BCUT2D eigenvalue weighted by atomic mass is 19.1. The van der Waals surface area contributed by atoms with E-state index in [2.05, 4.69) is 0 Å². The Morgan fingerprint density at radius 2 is 1.75 bits per heavy atom. The molecule has 0 fully saturated rings. The summed E-state index contributed by atoms with van der Waals surface area (Å²) in [4.78, 5) is 12.1. The molecule has 0 aliphatic carbocycles. The third kappa shape index (κ3) is 4.76. The predicted octanol–water partition coefficient (Wildman–Crippen LogP) is 5.07. The van der Waals surface area contributed by atoms with Gasteiger partial charge in [0.1, 0.15) is 29.5 Å². The van der Waals surface area contributed by atoms with E-state index < -0.39 is 5.97 Å². The van der Waals surface area contributed by atoms with E-state index in [9.17, 15) is 14.3 Å². The molecule has 3 rings (SSSR count). The Balaban J connectivity index is 1.91. The molecular weight excluding hydrogens is 359 g/mol. The molecule has 5 heteroatoms. The second kappa shape index (κ2) is 8.86. The number of hydrogen-bond acceptors (Lipinski definition) is 4. The zero-order valence-corrected chi connectivity index (χ0v) is 15.3. The predicted molar refractivity (Wildman–Crippen MR) is 106 cm³/mol. The maximum absolute atomic E-state index is 13.1. The van der Waals surface area contributed by atoms with Gasteiger partial charge in [0.2, 0.25) is 0 Å². The van der Waals surface area contributed by atoms with Crippen LogP contribution in [0.5, 0.6) is 11.5 Å². The minimum absolute atomic E-state index is 0.0351. The Morgan fingerprint density at radius 3 is 2.43 bits per heavy atom. The van der Waals surface area contributed by atoms with Crippen molar-refractivity contribution in [3.8, 4) is 11.5 Å². The summed E-state index contributed by atoms with van der Waals surface area (Å²) in [6, 6.07) is 18.5. The molecule has 0 atom stereocenters. The van der Waals surface area contributed by atoms with Crippen LogP contribution in [-0.4, -0.2) is 18.2 Å². The largest absolute Gasteiger partial charge is 0.507 e. The molecule has 142 valence electrons. The zero-order valence-electron chi connectivity index (χ0n) is 15.3. The molecule has 0 heterocycles. The van der Waals surface area contributed by atoms with Gasteiger partial charge in [-0.3, -0.25) is 0 Å². The lowest BCUT2D eigenvalue weighted by atomic mass is 10.0. The van der Waals surface area contributed by atoms with Crippen LogP contribution in [0, 0.1) is 5.82 Å². The monoisotopic (exact) mass is 378 g/mol. The second-order valence-corrected chi connectivity index (χ2v) is 6.06. The van der Waals surface area contributed by atoms with E-state index >= 15 is 0 Å². The number of carbonyl (C=O) groups is 1. The number of benzene rings is 3. The van der Waals surface area contributed by atoms with Gasteiger partial charge in [0.25, 0.3) is 0 Å². The highest BCUT2D eigenvalue weighted by molar-refractivity contribution is 5.98. The Labute approximate surface area is 162 Å². The number of carbonyl (C=O) groups excluding carboxylic acids is 1. The smallest absolute Gasteiger partial charge is 0.342 e. The number of rotatable bonds is 6. The molecule has 0 radical (unpaired) electrons. The van der Waals surface area contributed by atoms with Gasteiger partial charge in [-0.1, -0.05) is 54.6 Å². The van der Waals surface area contributed by atoms with E-state index in [1.807, 2.05) is 30.3 Å². The number of aromatic hydroxyl groups is 1. The van der Waals surface area contributed by atoms with Crippen LogP contribution < -0.4 is 4.74 Å². The number of phenolic OH excluding ortho intramolecular Hbond substituents is 1. The van der Waals surface area contributed by atoms with Gasteiger partial charge in [0, 0.05) is 6.07 Å². The second-order valence-electron chi connectivity index (χ2n) is 6.06. The zero-order chi connectivity index (χ0) is 19.9. The summed E-state index contributed by atoms with van der Waals surface area (Å²) in [5, 5.41) is 10.3. The first kappa shape index (κ1) is 19.2. The topological polar surface area (TPSA) is 55.8 Å². The fourth-order valence-electron chi connectivity index (χ4n) is 2.66. The van der Waals surface area contributed by atoms with Crippen LogP contribution in [0.2, 0.25) is 0 Å². The maximum Gasteiger partial charge on any atom is 0.342 e. The lowest BCUT2D eigenvalue weighted by Gasteiger charge is -2.12. The number of hydrogen-bond donors (Lipinski definition) is 1. The molecule has 0 saturated heterocycles. The first-order valence-corrected chi connectivity index (χ1v) is 8.62. The Bertz CT molecular complexity index is 979. The average molecular weight is 378 g/mol. The molecule has 28 heavy (non-hydrogen) atoms. The van der Waals surface area contributed by atoms with Crippen molar-refractivity contribution in [1.82, 2.24) is 0 Å². The summed E-state index contributed by atoms with van der Waals surface area (Å²) in [5.41, 5.74) is 2.18. The first-order valence-electron chi connectivity index (χ1n) is 8.62. The minimum Gasteiger partial charge on any atom is -0.507 e. The lowest BCUT2D eigenvalue weighted by Crippen LogP contribution is -2.05. The normalized spacial score (nSPS) is 10.8. The Hall–Kier alpha value is -3.60. The molecule has 0 aliphatic heterocycles. The highest BCUT2D eigenvalue weighted by Gasteiger charge is 2.17. The average Bonchev–Trinajstić information content (AvgIpc) is 2.72. The van der Waals surface area contributed by atoms with Crippen molar-refractivity contribution >= 4 is 18.1 Å². The molecule has 0 unspecified atom stereocenters. The summed E-state index contributed by atoms with van der Waals surface area (Å²) in [7, 11) is 1.25. The van der Waals surface area contributed by atoms with Crippen LogP contribution >= 0.6 is 0 Å². The van der Waals surface area contributed by atoms with Crippen molar-refractivity contribution in [2.45, 2.75) is 6.61 Å². The van der Waals surface area contributed by atoms with E-state index in [0.717, 1.165) is 11.1 Å². The fourth-order valence-corrected chi connectivity index (χ4v) is 2.66. The quantitative estimate of drug-likeness (QED) is 0.481. The van der Waals surface area contributed by atoms with Gasteiger partial charge in [0.05, 0.1) is 7.11 Å². The molecule has 0 aromatic heterocycles. The van der Waals surface area contributed by atoms with Gasteiger partial charge in [-0.25, -0.2) is 9.18 Å². The standard InChI is InChI=1S/C23H19FO4/c1-27-23(26)22-18(10-7-16-8-11-19(24)12-9-16)13-20(14-21(22)25)28-15-17-5-3-2-4-6-17/h2-14,25H,15H2,1H3/b10-7+. The van der Waals surface area contributed by atoms with Gasteiger partial charge < -0.3 is 14.6 Å². The molecule has 0 amide bonds. The van der Waals surface area contributed by atoms with Crippen molar-refractivity contribution in [2.75, 3.05) is 7.11 Å². The lowest BCUT2D eigenvalue weighted by molar-refractivity contribution is 0.0597. The Morgan fingerprint density at radius 1 is 1.04 bits per heavy atom. The van der Waals surface area contributed by atoms with Crippen LogP contribution in [0.25, 0.3) is 12.2 Å². The molecule has 0 spiro atoms. The van der Waals surface area contributed by atoms with Gasteiger partial charge in [-0.15, -0.1) is 0 Å². The van der Waals surface area contributed by atoms with Gasteiger partial charge in [0.15, 0.2) is 0 Å². The summed E-state index contributed by atoms with van der Waals surface area (Å²) in [5.74, 6) is -0.823. The van der Waals surface area contributed by atoms with Crippen molar-refractivity contribution in [1.29, 1.82) is 0 Å². The van der Waals surface area contributed by atoms with Crippen molar-refractivity contribution < 1.29 is 23.8 Å². The van der Waals surface area contributed by atoms with Crippen molar-refractivity contribution in [2.24, 2.45) is 0 Å². The van der Waals surface area contributed by atoms with Crippen LogP contribution in [0.1, 0.15) is 27.0 Å². The summed E-state index contributed by atoms with van der Waals surface area (Å²) >= 11 is 0. The molecule has 0 bridgehead atoms. The SMILES string of the molecule is COC(=O)c1c(O)cc(OCc2ccccc2)cc1/C=C/c1ccc(F)cc1. The van der Waals surface area contributed by atoms with Crippen LogP contribution in [0.15, 0.2) is 66.7 Å². The van der Waals surface area contributed by atoms with Crippen LogP contribution in [-0.2, 0) is 11.3 Å². The molecule has 0 saturated carbocycles. The van der Waals surface area contributed by atoms with E-state index in [-0.39, 0.29) is 17.1 Å². The number of methoxy groups -OCH3 is 1. The molecule has 4 nitrogen and oxygen atoms in total. The number of ether oxygens (including phenoxy) is 2. The van der Waals surface area contributed by atoms with Crippen LogP contribution in [0.4, 0.5) is 4.39 Å².